The van der Waals surface area contributed by atoms with E-state index in [0.717, 1.165) is 0 Å². The van der Waals surface area contributed by atoms with Crippen molar-refractivity contribution >= 4 is 17.3 Å². The lowest BCUT2D eigenvalue weighted by atomic mass is 10.2. The van der Waals surface area contributed by atoms with Gasteiger partial charge in [0.25, 0.3) is 0 Å². The highest BCUT2D eigenvalue weighted by atomic mass is 35.5. The fourth-order valence-electron chi connectivity index (χ4n) is 0.839. The Morgan fingerprint density at radius 3 is 2.55 bits per heavy atom. The van der Waals surface area contributed by atoms with Crippen LogP contribution in [0.3, 0.4) is 0 Å². The van der Waals surface area contributed by atoms with Gasteiger partial charge in [-0.1, -0.05) is 11.6 Å². The summed E-state index contributed by atoms with van der Waals surface area (Å²) in [5, 5.41) is 0.289. The third-order valence-electron chi connectivity index (χ3n) is 1.40. The maximum atomic E-state index is 12.9. The van der Waals surface area contributed by atoms with Gasteiger partial charge in [-0.3, -0.25) is 0 Å². The van der Waals surface area contributed by atoms with E-state index >= 15 is 0 Å². The molecule has 1 rings (SSSR count). The Morgan fingerprint density at radius 2 is 2.09 bits per heavy atom. The molecule has 0 spiro atoms. The number of hydrogen-bond acceptors (Lipinski definition) is 2. The van der Waals surface area contributed by atoms with E-state index < -0.39 is 5.82 Å². The van der Waals surface area contributed by atoms with Crippen LogP contribution in [0.5, 0.6) is 0 Å². The van der Waals surface area contributed by atoms with Crippen molar-refractivity contribution in [3.05, 3.63) is 28.5 Å². The third-order valence-corrected chi connectivity index (χ3v) is 1.62. The van der Waals surface area contributed by atoms with Gasteiger partial charge in [-0.15, -0.1) is 0 Å². The zero-order valence-corrected chi connectivity index (χ0v) is 6.53. The van der Waals surface area contributed by atoms with Gasteiger partial charge in [0.1, 0.15) is 5.82 Å². The summed E-state index contributed by atoms with van der Waals surface area (Å²) in [5.41, 5.74) is 11.3. The Morgan fingerprint density at radius 1 is 1.45 bits per heavy atom. The van der Waals surface area contributed by atoms with E-state index in [9.17, 15) is 4.39 Å². The number of hydrogen-bond donors (Lipinski definition) is 2. The molecular weight excluding hydrogens is 167 g/mol. The van der Waals surface area contributed by atoms with Crippen molar-refractivity contribution in [2.24, 2.45) is 5.73 Å². The van der Waals surface area contributed by atoms with Crippen molar-refractivity contribution in [3.63, 3.8) is 0 Å². The van der Waals surface area contributed by atoms with Crippen LogP contribution < -0.4 is 11.5 Å². The van der Waals surface area contributed by atoms with Crippen LogP contribution in [0.15, 0.2) is 12.1 Å². The van der Waals surface area contributed by atoms with Crippen LogP contribution in [-0.2, 0) is 6.54 Å². The summed E-state index contributed by atoms with van der Waals surface area (Å²) in [5.74, 6) is -0.447. The zero-order chi connectivity index (χ0) is 8.43. The molecule has 0 aliphatic heterocycles. The Balaban J connectivity index is 3.25. The molecule has 4 N–H and O–H groups in total. The van der Waals surface area contributed by atoms with Gasteiger partial charge in [0.05, 0.1) is 0 Å². The van der Waals surface area contributed by atoms with E-state index in [-0.39, 0.29) is 11.6 Å². The molecule has 0 fully saturated rings. The molecule has 4 heteroatoms. The van der Waals surface area contributed by atoms with Crippen LogP contribution in [0.4, 0.5) is 10.1 Å². The Kier molecular flexibility index (Phi) is 2.31. The van der Waals surface area contributed by atoms with Crippen molar-refractivity contribution in [1.82, 2.24) is 0 Å². The first-order chi connectivity index (χ1) is 5.15. The smallest absolute Gasteiger partial charge is 0.131 e. The topological polar surface area (TPSA) is 52.0 Å². The second-order valence-corrected chi connectivity index (χ2v) is 2.60. The largest absolute Gasteiger partial charge is 0.398 e. The lowest BCUT2D eigenvalue weighted by Crippen LogP contribution is -2.04. The number of rotatable bonds is 1. The molecule has 0 bridgehead atoms. The Labute approximate surface area is 68.9 Å². The summed E-state index contributed by atoms with van der Waals surface area (Å²) >= 11 is 5.52. The van der Waals surface area contributed by atoms with Crippen molar-refractivity contribution in [1.29, 1.82) is 0 Å². The highest BCUT2D eigenvalue weighted by Gasteiger charge is 2.05. The number of nitrogens with two attached hydrogens (primary N) is 2. The van der Waals surface area contributed by atoms with Gasteiger partial charge in [0, 0.05) is 22.8 Å². The molecule has 0 atom stereocenters. The van der Waals surface area contributed by atoms with Gasteiger partial charge in [-0.2, -0.15) is 0 Å². The predicted octanol–water partition coefficient (Wildman–Crippen LogP) is 1.52. The van der Waals surface area contributed by atoms with Crippen LogP contribution in [-0.4, -0.2) is 0 Å². The minimum atomic E-state index is -0.447. The highest BCUT2D eigenvalue weighted by molar-refractivity contribution is 6.30. The molecule has 0 amide bonds. The van der Waals surface area contributed by atoms with E-state index in [1.165, 1.54) is 12.1 Å². The molecule has 11 heavy (non-hydrogen) atoms. The second kappa shape index (κ2) is 3.07. The maximum Gasteiger partial charge on any atom is 0.131 e. The molecule has 0 aliphatic carbocycles. The van der Waals surface area contributed by atoms with E-state index in [0.29, 0.717) is 11.3 Å². The molecule has 0 saturated carbocycles. The second-order valence-electron chi connectivity index (χ2n) is 2.16. The molecule has 0 saturated heterocycles. The van der Waals surface area contributed by atoms with Crippen LogP contribution in [0.2, 0.25) is 5.02 Å². The first-order valence-corrected chi connectivity index (χ1v) is 3.46. The standard InChI is InChI=1S/C7H8ClFN2/c8-4-1-6(9)5(3-10)7(11)2-4/h1-2H,3,10-11H2. The van der Waals surface area contributed by atoms with Gasteiger partial charge >= 0.3 is 0 Å². The summed E-state index contributed by atoms with van der Waals surface area (Å²) in [6.45, 7) is 0.0921. The van der Waals surface area contributed by atoms with Crippen molar-refractivity contribution in [2.45, 2.75) is 6.54 Å². The molecule has 0 aromatic heterocycles. The normalized spacial score (nSPS) is 10.1. The third kappa shape index (κ3) is 1.61. The summed E-state index contributed by atoms with van der Waals surface area (Å²) in [4.78, 5) is 0. The number of halogens is 2. The molecule has 1 aromatic carbocycles. The van der Waals surface area contributed by atoms with E-state index in [1.807, 2.05) is 0 Å². The van der Waals surface area contributed by atoms with Crippen LogP contribution >= 0.6 is 11.6 Å². The monoisotopic (exact) mass is 174 g/mol. The lowest BCUT2D eigenvalue weighted by Gasteiger charge is -2.03. The fraction of sp³-hybridized carbons (Fsp3) is 0.143. The molecule has 0 aliphatic rings. The molecule has 0 unspecified atom stereocenters. The number of benzene rings is 1. The number of nitrogen functional groups attached to an aromatic ring is 1. The minimum Gasteiger partial charge on any atom is -0.398 e. The van der Waals surface area contributed by atoms with E-state index in [4.69, 9.17) is 23.1 Å². The Bertz CT molecular complexity index is 252. The molecular formula is C7H8ClFN2. The van der Waals surface area contributed by atoms with E-state index in [1.54, 1.807) is 0 Å². The van der Waals surface area contributed by atoms with Gasteiger partial charge in [0.15, 0.2) is 0 Å². The fourth-order valence-corrected chi connectivity index (χ4v) is 1.05. The summed E-state index contributed by atoms with van der Waals surface area (Å²) in [7, 11) is 0. The summed E-state index contributed by atoms with van der Waals surface area (Å²) in [6, 6.07) is 2.67. The van der Waals surface area contributed by atoms with Crippen LogP contribution in [0, 0.1) is 5.82 Å². The summed E-state index contributed by atoms with van der Waals surface area (Å²) in [6.07, 6.45) is 0. The van der Waals surface area contributed by atoms with Gasteiger partial charge < -0.3 is 11.5 Å². The summed E-state index contributed by atoms with van der Waals surface area (Å²) < 4.78 is 12.9. The van der Waals surface area contributed by atoms with Crippen molar-refractivity contribution in [3.8, 4) is 0 Å². The molecule has 2 nitrogen and oxygen atoms in total. The van der Waals surface area contributed by atoms with Crippen LogP contribution in [0.1, 0.15) is 5.56 Å². The zero-order valence-electron chi connectivity index (χ0n) is 5.77. The number of anilines is 1. The molecule has 0 heterocycles. The average Bonchev–Trinajstić information content (AvgIpc) is 1.85. The minimum absolute atomic E-state index is 0.0921. The van der Waals surface area contributed by atoms with Crippen LogP contribution in [0.25, 0.3) is 0 Å². The van der Waals surface area contributed by atoms with Gasteiger partial charge in [-0.05, 0) is 12.1 Å². The SMILES string of the molecule is NCc1c(N)cc(Cl)cc1F. The first-order valence-electron chi connectivity index (χ1n) is 3.08. The first kappa shape index (κ1) is 8.30. The van der Waals surface area contributed by atoms with Crippen molar-refractivity contribution in [2.75, 3.05) is 5.73 Å². The maximum absolute atomic E-state index is 12.9. The lowest BCUT2D eigenvalue weighted by molar-refractivity contribution is 0.612. The quantitative estimate of drug-likeness (QED) is 0.635. The molecule has 0 radical (unpaired) electrons. The molecule has 1 aromatic rings. The van der Waals surface area contributed by atoms with Gasteiger partial charge in [0.2, 0.25) is 0 Å². The van der Waals surface area contributed by atoms with E-state index in [2.05, 4.69) is 0 Å². The highest BCUT2D eigenvalue weighted by Crippen LogP contribution is 2.21. The average molecular weight is 175 g/mol. The predicted molar refractivity (Wildman–Crippen MR) is 43.7 cm³/mol. The van der Waals surface area contributed by atoms with Gasteiger partial charge in [-0.25, -0.2) is 4.39 Å². The molecule has 60 valence electrons. The van der Waals surface area contributed by atoms with Crippen molar-refractivity contribution < 1.29 is 4.39 Å². The Hall–Kier alpha value is -0.800.